The Morgan fingerprint density at radius 2 is 1.87 bits per heavy atom. The Hall–Kier alpha value is -2.08. The van der Waals surface area contributed by atoms with Gasteiger partial charge in [-0.05, 0) is 39.2 Å². The quantitative estimate of drug-likeness (QED) is 0.594. The number of nitrogens with one attached hydrogen (secondary N) is 1. The number of hydrogen-bond donors (Lipinski definition) is 2. The molecule has 0 bridgehead atoms. The van der Waals surface area contributed by atoms with E-state index in [0.717, 1.165) is 5.56 Å². The van der Waals surface area contributed by atoms with Crippen LogP contribution in [0.3, 0.4) is 0 Å². The van der Waals surface area contributed by atoms with E-state index in [1.165, 1.54) is 0 Å². The highest BCUT2D eigenvalue weighted by Gasteiger charge is 2.21. The molecule has 1 atom stereocenters. The molecule has 0 aliphatic rings. The Kier molecular flexibility index (Phi) is 7.54. The molecule has 0 aliphatic carbocycles. The molecule has 1 rings (SSSR count). The van der Waals surface area contributed by atoms with Crippen molar-refractivity contribution >= 4 is 12.1 Å². The first-order valence-corrected chi connectivity index (χ1v) is 7.71. The fraction of sp³-hybridized carbons (Fsp3) is 0.529. The van der Waals surface area contributed by atoms with E-state index in [2.05, 4.69) is 5.32 Å². The summed E-state index contributed by atoms with van der Waals surface area (Å²) in [6.07, 6.45) is 0.522. The Labute approximate surface area is 137 Å². The zero-order valence-electron chi connectivity index (χ0n) is 14.0. The van der Waals surface area contributed by atoms with E-state index < -0.39 is 23.7 Å². The van der Waals surface area contributed by atoms with Gasteiger partial charge in [0.05, 0.1) is 0 Å². The summed E-state index contributed by atoms with van der Waals surface area (Å²) < 4.78 is 10.3. The first-order valence-electron chi connectivity index (χ1n) is 7.71. The number of esters is 1. The summed E-state index contributed by atoms with van der Waals surface area (Å²) in [5, 5.41) is 2.63. The normalized spacial score (nSPS) is 12.3. The number of amides is 1. The van der Waals surface area contributed by atoms with Gasteiger partial charge in [0.25, 0.3) is 0 Å². The van der Waals surface area contributed by atoms with Crippen LogP contribution in [0.1, 0.15) is 39.2 Å². The number of carbonyl (C=O) groups excluding carboxylic acids is 2. The molecule has 0 radical (unpaired) electrons. The van der Waals surface area contributed by atoms with Crippen LogP contribution in [0.5, 0.6) is 0 Å². The molecular formula is C17H26N2O4. The lowest BCUT2D eigenvalue weighted by atomic mass is 10.1. The van der Waals surface area contributed by atoms with E-state index in [4.69, 9.17) is 15.2 Å². The third-order valence-corrected chi connectivity index (χ3v) is 2.88. The lowest BCUT2D eigenvalue weighted by Gasteiger charge is -2.22. The third-order valence-electron chi connectivity index (χ3n) is 2.88. The highest BCUT2D eigenvalue weighted by molar-refractivity contribution is 5.75. The van der Waals surface area contributed by atoms with Gasteiger partial charge in [-0.3, -0.25) is 4.79 Å². The van der Waals surface area contributed by atoms with Crippen LogP contribution in [0.25, 0.3) is 0 Å². The van der Waals surface area contributed by atoms with Gasteiger partial charge in [-0.15, -0.1) is 0 Å². The number of rotatable bonds is 7. The number of alkyl carbamates (subject to hydrolysis) is 1. The van der Waals surface area contributed by atoms with Crippen LogP contribution in [-0.4, -0.2) is 30.3 Å². The zero-order chi connectivity index (χ0) is 17.3. The van der Waals surface area contributed by atoms with Crippen LogP contribution in [0.15, 0.2) is 30.3 Å². The predicted molar refractivity (Wildman–Crippen MR) is 87.7 cm³/mol. The number of benzene rings is 1. The molecule has 0 spiro atoms. The summed E-state index contributed by atoms with van der Waals surface area (Å²) in [7, 11) is 0. The minimum Gasteiger partial charge on any atom is -0.459 e. The zero-order valence-corrected chi connectivity index (χ0v) is 14.0. The predicted octanol–water partition coefficient (Wildman–Crippen LogP) is 2.36. The topological polar surface area (TPSA) is 90.6 Å². The third kappa shape index (κ3) is 8.83. The fourth-order valence-electron chi connectivity index (χ4n) is 1.78. The van der Waals surface area contributed by atoms with Crippen molar-refractivity contribution < 1.29 is 19.1 Å². The smallest absolute Gasteiger partial charge is 0.407 e. The summed E-state index contributed by atoms with van der Waals surface area (Å²) in [5.41, 5.74) is 6.14. The standard InChI is InChI=1S/C17H26N2O4/c1-17(2,3)23-15(20)14(18)10-7-11-19-16(21)22-12-13-8-5-4-6-9-13/h4-6,8-9,14H,7,10-12,18H2,1-3H3,(H,19,21). The molecule has 0 heterocycles. The van der Waals surface area contributed by atoms with Crippen molar-refractivity contribution in [3.63, 3.8) is 0 Å². The molecule has 1 aromatic rings. The van der Waals surface area contributed by atoms with Gasteiger partial charge in [0.15, 0.2) is 0 Å². The Morgan fingerprint density at radius 1 is 1.22 bits per heavy atom. The van der Waals surface area contributed by atoms with Crippen LogP contribution in [-0.2, 0) is 20.9 Å². The molecular weight excluding hydrogens is 296 g/mol. The molecule has 1 amide bonds. The molecule has 0 fully saturated rings. The molecule has 0 aliphatic heterocycles. The first kappa shape index (κ1) is 19.0. The van der Waals surface area contributed by atoms with E-state index in [0.29, 0.717) is 19.4 Å². The minimum atomic E-state index is -0.684. The highest BCUT2D eigenvalue weighted by Crippen LogP contribution is 2.09. The van der Waals surface area contributed by atoms with Gasteiger partial charge < -0.3 is 20.5 Å². The molecule has 128 valence electrons. The number of ether oxygens (including phenoxy) is 2. The second kappa shape index (κ2) is 9.15. The lowest BCUT2D eigenvalue weighted by molar-refractivity contribution is -0.156. The van der Waals surface area contributed by atoms with E-state index >= 15 is 0 Å². The van der Waals surface area contributed by atoms with Gasteiger partial charge in [0, 0.05) is 6.54 Å². The van der Waals surface area contributed by atoms with Gasteiger partial charge >= 0.3 is 12.1 Å². The van der Waals surface area contributed by atoms with Gasteiger partial charge in [0.2, 0.25) is 0 Å². The lowest BCUT2D eigenvalue weighted by Crippen LogP contribution is -2.38. The van der Waals surface area contributed by atoms with Gasteiger partial charge in [0.1, 0.15) is 18.2 Å². The average molecular weight is 322 g/mol. The van der Waals surface area contributed by atoms with Crippen molar-refractivity contribution in [2.45, 2.75) is 51.9 Å². The average Bonchev–Trinajstić information content (AvgIpc) is 2.48. The first-order chi connectivity index (χ1) is 10.8. The van der Waals surface area contributed by atoms with Crippen molar-refractivity contribution in [1.82, 2.24) is 5.32 Å². The molecule has 0 aromatic heterocycles. The van der Waals surface area contributed by atoms with Crippen LogP contribution < -0.4 is 11.1 Å². The number of carbonyl (C=O) groups is 2. The van der Waals surface area contributed by atoms with Crippen LogP contribution in [0, 0.1) is 0 Å². The molecule has 0 saturated carbocycles. The molecule has 23 heavy (non-hydrogen) atoms. The van der Waals surface area contributed by atoms with E-state index in [9.17, 15) is 9.59 Å². The van der Waals surface area contributed by atoms with Crippen molar-refractivity contribution in [3.05, 3.63) is 35.9 Å². The molecule has 1 aromatic carbocycles. The summed E-state index contributed by atoms with van der Waals surface area (Å²) in [5.74, 6) is -0.427. The van der Waals surface area contributed by atoms with E-state index in [1.807, 2.05) is 30.3 Å². The van der Waals surface area contributed by atoms with E-state index in [-0.39, 0.29) is 6.61 Å². The summed E-state index contributed by atoms with van der Waals surface area (Å²) >= 11 is 0. The van der Waals surface area contributed by atoms with Crippen molar-refractivity contribution in [1.29, 1.82) is 0 Å². The molecule has 6 nitrogen and oxygen atoms in total. The number of nitrogens with two attached hydrogens (primary N) is 1. The minimum absolute atomic E-state index is 0.226. The second-order valence-corrected chi connectivity index (χ2v) is 6.27. The number of hydrogen-bond acceptors (Lipinski definition) is 5. The van der Waals surface area contributed by atoms with Gasteiger partial charge in [-0.25, -0.2) is 4.79 Å². The largest absolute Gasteiger partial charge is 0.459 e. The maximum absolute atomic E-state index is 11.7. The van der Waals surface area contributed by atoms with Crippen molar-refractivity contribution in [2.24, 2.45) is 5.73 Å². The monoisotopic (exact) mass is 322 g/mol. The van der Waals surface area contributed by atoms with Crippen LogP contribution in [0.2, 0.25) is 0 Å². The maximum Gasteiger partial charge on any atom is 0.407 e. The van der Waals surface area contributed by atoms with Gasteiger partial charge in [-0.1, -0.05) is 30.3 Å². The SMILES string of the molecule is CC(C)(C)OC(=O)C(N)CCCNC(=O)OCc1ccccc1. The summed E-state index contributed by atoms with van der Waals surface area (Å²) in [4.78, 5) is 23.2. The summed E-state index contributed by atoms with van der Waals surface area (Å²) in [6, 6.07) is 8.75. The summed E-state index contributed by atoms with van der Waals surface area (Å²) in [6.45, 7) is 6.00. The van der Waals surface area contributed by atoms with Crippen molar-refractivity contribution in [3.8, 4) is 0 Å². The maximum atomic E-state index is 11.7. The van der Waals surface area contributed by atoms with Crippen LogP contribution in [0.4, 0.5) is 4.79 Å². The molecule has 6 heteroatoms. The van der Waals surface area contributed by atoms with Gasteiger partial charge in [-0.2, -0.15) is 0 Å². The highest BCUT2D eigenvalue weighted by atomic mass is 16.6. The Morgan fingerprint density at radius 3 is 2.48 bits per heavy atom. The van der Waals surface area contributed by atoms with Crippen LogP contribution >= 0.6 is 0 Å². The van der Waals surface area contributed by atoms with Crippen molar-refractivity contribution in [2.75, 3.05) is 6.54 Å². The Bertz CT molecular complexity index is 497. The van der Waals surface area contributed by atoms with E-state index in [1.54, 1.807) is 20.8 Å². The molecule has 3 N–H and O–H groups in total. The second-order valence-electron chi connectivity index (χ2n) is 6.27. The fourth-order valence-corrected chi connectivity index (χ4v) is 1.78. The molecule has 1 unspecified atom stereocenters. The Balaban J connectivity index is 2.14. The molecule has 0 saturated heterocycles.